The maximum atomic E-state index is 12.3. The lowest BCUT2D eigenvalue weighted by Crippen LogP contribution is -2.45. The minimum absolute atomic E-state index is 0.0416. The van der Waals surface area contributed by atoms with Gasteiger partial charge in [-0.1, -0.05) is 19.1 Å². The van der Waals surface area contributed by atoms with Gasteiger partial charge in [-0.15, -0.1) is 0 Å². The quantitative estimate of drug-likeness (QED) is 0.802. The van der Waals surface area contributed by atoms with E-state index < -0.39 is 0 Å². The van der Waals surface area contributed by atoms with Crippen molar-refractivity contribution < 1.29 is 4.79 Å². The summed E-state index contributed by atoms with van der Waals surface area (Å²) in [5.74, 6) is 0.0416. The van der Waals surface area contributed by atoms with Gasteiger partial charge in [0.15, 0.2) is 0 Å². The largest absolute Gasteiger partial charge is 0.351 e. The lowest BCUT2D eigenvalue weighted by atomic mass is 9.83. The molecule has 1 aliphatic heterocycles. The van der Waals surface area contributed by atoms with Gasteiger partial charge in [-0.25, -0.2) is 0 Å². The van der Waals surface area contributed by atoms with E-state index in [0.29, 0.717) is 0 Å². The first-order valence-electron chi connectivity index (χ1n) is 6.76. The molecule has 1 aromatic carbocycles. The highest BCUT2D eigenvalue weighted by molar-refractivity contribution is 14.1. The first-order chi connectivity index (χ1) is 9.02. The van der Waals surface area contributed by atoms with Gasteiger partial charge >= 0.3 is 0 Å². The Bertz CT molecular complexity index is 467. The fraction of sp³-hybridized carbons (Fsp3) is 0.533. The van der Waals surface area contributed by atoms with Gasteiger partial charge in [0, 0.05) is 16.7 Å². The molecule has 1 heterocycles. The summed E-state index contributed by atoms with van der Waals surface area (Å²) in [6, 6.07) is 5.87. The smallest absolute Gasteiger partial charge is 0.252 e. The lowest BCUT2D eigenvalue weighted by Gasteiger charge is -2.34. The first-order valence-corrected chi connectivity index (χ1v) is 7.84. The molecule has 1 atom stereocenters. The Kier molecular flexibility index (Phi) is 4.84. The highest BCUT2D eigenvalue weighted by Crippen LogP contribution is 2.24. The Labute approximate surface area is 128 Å². The third-order valence-electron chi connectivity index (χ3n) is 3.80. The molecule has 0 saturated carbocycles. The third-order valence-corrected chi connectivity index (χ3v) is 5.23. The zero-order chi connectivity index (χ0) is 13.9. The number of piperidine rings is 1. The van der Waals surface area contributed by atoms with Gasteiger partial charge in [0.2, 0.25) is 0 Å². The molecular weight excluding hydrogens is 351 g/mol. The van der Waals surface area contributed by atoms with E-state index >= 15 is 0 Å². The van der Waals surface area contributed by atoms with Crippen LogP contribution in [0.1, 0.15) is 35.7 Å². The van der Waals surface area contributed by atoms with Crippen molar-refractivity contribution in [3.8, 4) is 0 Å². The number of aryl methyl sites for hydroxylation is 1. The molecule has 1 amide bonds. The number of carbonyl (C=O) groups is 1. The highest BCUT2D eigenvalue weighted by Gasteiger charge is 2.27. The number of benzene rings is 1. The zero-order valence-corrected chi connectivity index (χ0v) is 13.7. The van der Waals surface area contributed by atoms with Crippen molar-refractivity contribution in [3.63, 3.8) is 0 Å². The second kappa shape index (κ2) is 6.22. The van der Waals surface area contributed by atoms with E-state index in [9.17, 15) is 4.79 Å². The van der Waals surface area contributed by atoms with Gasteiger partial charge in [-0.2, -0.15) is 0 Å². The molecule has 19 heavy (non-hydrogen) atoms. The topological polar surface area (TPSA) is 41.1 Å². The van der Waals surface area contributed by atoms with E-state index in [0.717, 1.165) is 34.3 Å². The van der Waals surface area contributed by atoms with Gasteiger partial charge in [-0.05, 0) is 65.9 Å². The molecule has 0 radical (unpaired) electrons. The maximum absolute atomic E-state index is 12.3. The molecule has 1 aromatic rings. The van der Waals surface area contributed by atoms with Crippen molar-refractivity contribution in [1.82, 2.24) is 10.6 Å². The Morgan fingerprint density at radius 1 is 1.53 bits per heavy atom. The highest BCUT2D eigenvalue weighted by atomic mass is 127. The van der Waals surface area contributed by atoms with Gasteiger partial charge in [0.1, 0.15) is 0 Å². The Morgan fingerprint density at radius 3 is 3.00 bits per heavy atom. The number of nitrogens with one attached hydrogen (secondary N) is 2. The maximum Gasteiger partial charge on any atom is 0.252 e. The monoisotopic (exact) mass is 372 g/mol. The molecule has 3 nitrogen and oxygen atoms in total. The molecule has 0 aliphatic carbocycles. The van der Waals surface area contributed by atoms with Crippen LogP contribution < -0.4 is 10.6 Å². The third kappa shape index (κ3) is 3.69. The van der Waals surface area contributed by atoms with Crippen LogP contribution in [0.5, 0.6) is 0 Å². The predicted octanol–water partition coefficient (Wildman–Crippen LogP) is 2.72. The summed E-state index contributed by atoms with van der Waals surface area (Å²) in [6.45, 7) is 7.09. The molecule has 1 unspecified atom stereocenters. The SMILES string of the molecule is Cc1cccc(C(=O)NCC2(C)CCCNC2)c1I. The summed E-state index contributed by atoms with van der Waals surface area (Å²) >= 11 is 2.24. The van der Waals surface area contributed by atoms with Crippen molar-refractivity contribution in [2.75, 3.05) is 19.6 Å². The Morgan fingerprint density at radius 2 is 2.32 bits per heavy atom. The van der Waals surface area contributed by atoms with Gasteiger partial charge < -0.3 is 10.6 Å². The van der Waals surface area contributed by atoms with E-state index in [1.807, 2.05) is 25.1 Å². The molecule has 0 bridgehead atoms. The van der Waals surface area contributed by atoms with E-state index in [-0.39, 0.29) is 11.3 Å². The summed E-state index contributed by atoms with van der Waals surface area (Å²) < 4.78 is 1.05. The minimum atomic E-state index is 0.0416. The Hall–Kier alpha value is -0.620. The number of hydrogen-bond donors (Lipinski definition) is 2. The summed E-state index contributed by atoms with van der Waals surface area (Å²) in [6.07, 6.45) is 2.36. The van der Waals surface area contributed by atoms with E-state index in [2.05, 4.69) is 40.1 Å². The normalized spacial score (nSPS) is 23.1. The number of carbonyl (C=O) groups excluding carboxylic acids is 1. The van der Waals surface area contributed by atoms with E-state index in [4.69, 9.17) is 0 Å². The van der Waals surface area contributed by atoms with Gasteiger partial charge in [0.05, 0.1) is 5.56 Å². The van der Waals surface area contributed by atoms with Crippen molar-refractivity contribution in [2.24, 2.45) is 5.41 Å². The fourth-order valence-electron chi connectivity index (χ4n) is 2.48. The lowest BCUT2D eigenvalue weighted by molar-refractivity contribution is 0.0923. The van der Waals surface area contributed by atoms with Crippen LogP contribution in [0.15, 0.2) is 18.2 Å². The summed E-state index contributed by atoms with van der Waals surface area (Å²) in [5, 5.41) is 6.50. The molecule has 4 heteroatoms. The second-order valence-corrected chi connectivity index (χ2v) is 6.79. The van der Waals surface area contributed by atoms with Gasteiger partial charge in [0.25, 0.3) is 5.91 Å². The van der Waals surface area contributed by atoms with E-state index in [1.165, 1.54) is 12.8 Å². The standard InChI is InChI=1S/C15H21IN2O/c1-11-5-3-6-12(13(11)16)14(19)18-10-15(2)7-4-8-17-9-15/h3,5-6,17H,4,7-10H2,1-2H3,(H,18,19). The average molecular weight is 372 g/mol. The number of hydrogen-bond acceptors (Lipinski definition) is 2. The van der Waals surface area contributed by atoms with Crippen LogP contribution in [0.2, 0.25) is 0 Å². The molecule has 104 valence electrons. The zero-order valence-electron chi connectivity index (χ0n) is 11.6. The van der Waals surface area contributed by atoms with Crippen molar-refractivity contribution in [1.29, 1.82) is 0 Å². The molecule has 1 fully saturated rings. The van der Waals surface area contributed by atoms with Crippen LogP contribution in [0.4, 0.5) is 0 Å². The second-order valence-electron chi connectivity index (χ2n) is 5.71. The van der Waals surface area contributed by atoms with Crippen LogP contribution in [0, 0.1) is 15.9 Å². The fourth-order valence-corrected chi connectivity index (χ4v) is 3.09. The van der Waals surface area contributed by atoms with Crippen LogP contribution >= 0.6 is 22.6 Å². The first kappa shape index (κ1) is 14.8. The minimum Gasteiger partial charge on any atom is -0.351 e. The molecule has 1 aliphatic rings. The summed E-state index contributed by atoms with van der Waals surface area (Å²) in [7, 11) is 0. The van der Waals surface area contributed by atoms with Crippen LogP contribution in [0.25, 0.3) is 0 Å². The van der Waals surface area contributed by atoms with Gasteiger partial charge in [-0.3, -0.25) is 4.79 Å². The number of halogens is 1. The number of amides is 1. The molecule has 2 N–H and O–H groups in total. The molecular formula is C15H21IN2O. The summed E-state index contributed by atoms with van der Waals surface area (Å²) in [5.41, 5.74) is 2.12. The van der Waals surface area contributed by atoms with Crippen molar-refractivity contribution in [2.45, 2.75) is 26.7 Å². The van der Waals surface area contributed by atoms with Crippen molar-refractivity contribution in [3.05, 3.63) is 32.9 Å². The molecule has 1 saturated heterocycles. The van der Waals surface area contributed by atoms with Crippen LogP contribution in [-0.4, -0.2) is 25.5 Å². The predicted molar refractivity (Wildman–Crippen MR) is 86.4 cm³/mol. The Balaban J connectivity index is 1.99. The van der Waals surface area contributed by atoms with Crippen molar-refractivity contribution >= 4 is 28.5 Å². The summed E-state index contributed by atoms with van der Waals surface area (Å²) in [4.78, 5) is 12.3. The van der Waals surface area contributed by atoms with Crippen LogP contribution in [-0.2, 0) is 0 Å². The molecule has 0 aromatic heterocycles. The molecule has 2 rings (SSSR count). The van der Waals surface area contributed by atoms with E-state index in [1.54, 1.807) is 0 Å². The average Bonchev–Trinajstić information content (AvgIpc) is 2.40. The molecule has 0 spiro atoms. The number of rotatable bonds is 3. The van der Waals surface area contributed by atoms with Crippen LogP contribution in [0.3, 0.4) is 0 Å².